The Morgan fingerprint density at radius 2 is 1.54 bits per heavy atom. The van der Waals surface area contributed by atoms with Crippen LogP contribution in [0.1, 0.15) is 93.2 Å². The highest BCUT2D eigenvalue weighted by atomic mass is 32.2. The molecule has 0 aliphatic heterocycles. The zero-order valence-electron chi connectivity index (χ0n) is 24.5. The van der Waals surface area contributed by atoms with Crippen LogP contribution < -0.4 is 10.6 Å². The van der Waals surface area contributed by atoms with Gasteiger partial charge in [0.15, 0.2) is 0 Å². The molecule has 0 aliphatic rings. The molecular formula is C29H49N3O4S. The molecule has 0 heterocycles. The molecule has 3 atom stereocenters. The number of ether oxygens (including phenoxy) is 1. The molecule has 37 heavy (non-hydrogen) atoms. The summed E-state index contributed by atoms with van der Waals surface area (Å²) >= 11 is 1.60. The van der Waals surface area contributed by atoms with E-state index in [0.717, 1.165) is 18.4 Å². The molecule has 3 unspecified atom stereocenters. The molecule has 1 aromatic carbocycles. The van der Waals surface area contributed by atoms with Gasteiger partial charge in [-0.15, -0.1) is 0 Å². The third-order valence-corrected chi connectivity index (χ3v) is 6.27. The van der Waals surface area contributed by atoms with E-state index in [4.69, 9.17) is 4.74 Å². The van der Waals surface area contributed by atoms with Gasteiger partial charge >= 0.3 is 6.09 Å². The normalized spacial score (nSPS) is 14.5. The molecule has 1 aromatic rings. The van der Waals surface area contributed by atoms with E-state index in [2.05, 4.69) is 24.5 Å². The van der Waals surface area contributed by atoms with Gasteiger partial charge < -0.3 is 20.3 Å². The summed E-state index contributed by atoms with van der Waals surface area (Å²) in [6, 6.07) is 7.49. The van der Waals surface area contributed by atoms with Crippen molar-refractivity contribution in [3.63, 3.8) is 0 Å². The number of carbonyl (C=O) groups excluding carboxylic acids is 3. The lowest BCUT2D eigenvalue weighted by molar-refractivity contribution is -0.145. The molecular weight excluding hydrogens is 486 g/mol. The highest BCUT2D eigenvalue weighted by Crippen LogP contribution is 2.28. The minimum atomic E-state index is -0.840. The summed E-state index contributed by atoms with van der Waals surface area (Å²) in [5.74, 6) is 0.591. The molecule has 0 saturated heterocycles. The summed E-state index contributed by atoms with van der Waals surface area (Å²) in [7, 11) is 0. The van der Waals surface area contributed by atoms with E-state index in [1.807, 2.05) is 64.3 Å². The van der Waals surface area contributed by atoms with Crippen LogP contribution >= 0.6 is 11.8 Å². The average Bonchev–Trinajstić information content (AvgIpc) is 2.76. The van der Waals surface area contributed by atoms with Crippen LogP contribution in [-0.2, 0) is 14.3 Å². The van der Waals surface area contributed by atoms with Crippen LogP contribution in [0.2, 0.25) is 0 Å². The summed E-state index contributed by atoms with van der Waals surface area (Å²) in [4.78, 5) is 42.5. The number of hydrogen-bond acceptors (Lipinski definition) is 5. The lowest BCUT2D eigenvalue weighted by Crippen LogP contribution is -2.57. The first-order valence-corrected chi connectivity index (χ1v) is 14.6. The van der Waals surface area contributed by atoms with Crippen molar-refractivity contribution in [2.75, 3.05) is 12.0 Å². The molecule has 0 radical (unpaired) electrons. The van der Waals surface area contributed by atoms with E-state index in [9.17, 15) is 14.4 Å². The van der Waals surface area contributed by atoms with E-state index < -0.39 is 29.3 Å². The molecule has 0 fully saturated rings. The van der Waals surface area contributed by atoms with Crippen LogP contribution in [0.3, 0.4) is 0 Å². The molecule has 0 aromatic heterocycles. The van der Waals surface area contributed by atoms with Crippen molar-refractivity contribution >= 4 is 29.7 Å². The van der Waals surface area contributed by atoms with E-state index in [1.54, 1.807) is 37.4 Å². The van der Waals surface area contributed by atoms with E-state index in [0.29, 0.717) is 18.1 Å². The second-order valence-electron chi connectivity index (χ2n) is 12.1. The molecule has 0 saturated carbocycles. The van der Waals surface area contributed by atoms with Crippen molar-refractivity contribution in [2.45, 2.75) is 111 Å². The van der Waals surface area contributed by atoms with Gasteiger partial charge in [0.1, 0.15) is 17.7 Å². The van der Waals surface area contributed by atoms with Gasteiger partial charge in [0.05, 0.1) is 0 Å². The Labute approximate surface area is 228 Å². The second kappa shape index (κ2) is 14.6. The molecule has 3 amide bonds. The predicted molar refractivity (Wildman–Crippen MR) is 154 cm³/mol. The van der Waals surface area contributed by atoms with Crippen molar-refractivity contribution in [1.82, 2.24) is 15.5 Å². The fourth-order valence-electron chi connectivity index (χ4n) is 3.95. The Balaban J connectivity index is 3.56. The number of hydrogen-bond donors (Lipinski definition) is 2. The van der Waals surface area contributed by atoms with Crippen molar-refractivity contribution in [3.8, 4) is 0 Å². The van der Waals surface area contributed by atoms with Crippen molar-refractivity contribution < 1.29 is 19.1 Å². The van der Waals surface area contributed by atoms with Crippen molar-refractivity contribution in [3.05, 3.63) is 35.9 Å². The van der Waals surface area contributed by atoms with Crippen LogP contribution in [0.4, 0.5) is 4.79 Å². The van der Waals surface area contributed by atoms with Crippen molar-refractivity contribution in [2.24, 2.45) is 5.92 Å². The average molecular weight is 536 g/mol. The van der Waals surface area contributed by atoms with Gasteiger partial charge in [-0.3, -0.25) is 9.59 Å². The molecule has 0 bridgehead atoms. The lowest BCUT2D eigenvalue weighted by Gasteiger charge is -2.40. The Bertz CT molecular complexity index is 862. The highest BCUT2D eigenvalue weighted by Gasteiger charge is 2.39. The van der Waals surface area contributed by atoms with Gasteiger partial charge in [0.2, 0.25) is 11.8 Å². The zero-order valence-corrected chi connectivity index (χ0v) is 25.3. The predicted octanol–water partition coefficient (Wildman–Crippen LogP) is 5.94. The Hall–Kier alpha value is -2.22. The van der Waals surface area contributed by atoms with E-state index in [-0.39, 0.29) is 17.9 Å². The summed E-state index contributed by atoms with van der Waals surface area (Å²) < 4.78 is 5.47. The Kier molecular flexibility index (Phi) is 13.0. The number of rotatable bonds is 12. The standard InChI is InChI=1S/C29H49N3O4S/c1-20(2)16-17-21(3)32(24(22-14-12-11-13-15-22)25(33)31-28(4,5)6)26(34)23(18-19-37-10)30-27(35)36-29(7,8)9/h11-15,20-21,23-24H,16-19H2,1-10H3,(H,30,35)(H,31,33). The summed E-state index contributed by atoms with van der Waals surface area (Å²) in [5.41, 5.74) is -0.442. The smallest absolute Gasteiger partial charge is 0.408 e. The number of alkyl carbamates (subject to hydrolysis) is 1. The largest absolute Gasteiger partial charge is 0.444 e. The first-order valence-electron chi connectivity index (χ1n) is 13.2. The second-order valence-corrected chi connectivity index (χ2v) is 13.1. The van der Waals surface area contributed by atoms with Crippen molar-refractivity contribution in [1.29, 1.82) is 0 Å². The first-order chi connectivity index (χ1) is 17.1. The van der Waals surface area contributed by atoms with E-state index >= 15 is 0 Å². The number of thioether (sulfide) groups is 1. The summed E-state index contributed by atoms with van der Waals surface area (Å²) in [5, 5.41) is 5.88. The molecule has 1 rings (SSSR count). The summed E-state index contributed by atoms with van der Waals surface area (Å²) in [6.07, 6.45) is 3.38. The third-order valence-electron chi connectivity index (χ3n) is 5.63. The molecule has 7 nitrogen and oxygen atoms in total. The minimum absolute atomic E-state index is 0.233. The molecule has 8 heteroatoms. The lowest BCUT2D eigenvalue weighted by atomic mass is 9.96. The van der Waals surface area contributed by atoms with E-state index in [1.165, 1.54) is 0 Å². The van der Waals surface area contributed by atoms with Crippen LogP contribution in [0, 0.1) is 5.92 Å². The molecule has 0 aliphatic carbocycles. The maximum Gasteiger partial charge on any atom is 0.408 e. The van der Waals surface area contributed by atoms with Crippen LogP contribution in [0.15, 0.2) is 30.3 Å². The number of amides is 3. The maximum absolute atomic E-state index is 14.3. The number of benzene rings is 1. The topological polar surface area (TPSA) is 87.7 Å². The minimum Gasteiger partial charge on any atom is -0.444 e. The van der Waals surface area contributed by atoms with Gasteiger partial charge in [-0.1, -0.05) is 44.2 Å². The third kappa shape index (κ3) is 12.2. The van der Waals surface area contributed by atoms with Gasteiger partial charge in [-0.2, -0.15) is 11.8 Å². The fourth-order valence-corrected chi connectivity index (χ4v) is 4.42. The van der Waals surface area contributed by atoms with Gasteiger partial charge in [0, 0.05) is 11.6 Å². The quantitative estimate of drug-likeness (QED) is 0.346. The SMILES string of the molecule is CSCCC(NC(=O)OC(C)(C)C)C(=O)N(C(C)CCC(C)C)C(C(=O)NC(C)(C)C)c1ccccc1. The van der Waals surface area contributed by atoms with Gasteiger partial charge in [-0.05, 0) is 91.2 Å². The summed E-state index contributed by atoms with van der Waals surface area (Å²) in [6.45, 7) is 17.4. The molecule has 0 spiro atoms. The van der Waals surface area contributed by atoms with Gasteiger partial charge in [-0.25, -0.2) is 4.79 Å². The number of nitrogens with one attached hydrogen (secondary N) is 2. The fraction of sp³-hybridized carbons (Fsp3) is 0.690. The van der Waals surface area contributed by atoms with Crippen LogP contribution in [-0.4, -0.2) is 58.0 Å². The van der Waals surface area contributed by atoms with Gasteiger partial charge in [0.25, 0.3) is 0 Å². The number of carbonyl (C=O) groups is 3. The first kappa shape index (κ1) is 32.8. The Morgan fingerprint density at radius 1 is 0.946 bits per heavy atom. The Morgan fingerprint density at radius 3 is 2.03 bits per heavy atom. The van der Waals surface area contributed by atoms with Crippen LogP contribution in [0.25, 0.3) is 0 Å². The molecule has 2 N–H and O–H groups in total. The molecule has 210 valence electrons. The highest BCUT2D eigenvalue weighted by molar-refractivity contribution is 7.98. The zero-order chi connectivity index (χ0) is 28.4. The van der Waals surface area contributed by atoms with Crippen LogP contribution in [0.5, 0.6) is 0 Å². The number of nitrogens with zero attached hydrogens (tertiary/aromatic N) is 1. The monoisotopic (exact) mass is 535 g/mol. The maximum atomic E-state index is 14.3.